The Hall–Kier alpha value is -2.54. The molecule has 2 rings (SSSR count). The van der Waals surface area contributed by atoms with Crippen molar-refractivity contribution < 1.29 is 19.1 Å². The van der Waals surface area contributed by atoms with Gasteiger partial charge in [0.05, 0.1) is 32.0 Å². The number of carbonyl (C=O) groups is 2. The summed E-state index contributed by atoms with van der Waals surface area (Å²) in [5, 5.41) is 7.39. The molecular weight excluding hydrogens is 316 g/mol. The zero-order valence-corrected chi connectivity index (χ0v) is 14.0. The van der Waals surface area contributed by atoms with Crippen LogP contribution in [0, 0.1) is 0 Å². The van der Waals surface area contributed by atoms with Gasteiger partial charge in [-0.3, -0.25) is 9.59 Å². The first-order valence-electron chi connectivity index (χ1n) is 6.89. The average molecular weight is 334 g/mol. The minimum atomic E-state index is -0.232. The Bertz CT molecular complexity index is 698. The fourth-order valence-electron chi connectivity index (χ4n) is 2.05. The monoisotopic (exact) mass is 334 g/mol. The maximum absolute atomic E-state index is 12.2. The van der Waals surface area contributed by atoms with E-state index in [1.54, 1.807) is 12.1 Å². The second-order valence-electron chi connectivity index (χ2n) is 4.74. The molecule has 0 aliphatic heterocycles. The molecule has 0 saturated carbocycles. The number of ether oxygens (including phenoxy) is 2. The van der Waals surface area contributed by atoms with Gasteiger partial charge >= 0.3 is 0 Å². The van der Waals surface area contributed by atoms with Crippen LogP contribution in [-0.4, -0.2) is 26.0 Å². The number of anilines is 2. The summed E-state index contributed by atoms with van der Waals surface area (Å²) in [7, 11) is 3.00. The van der Waals surface area contributed by atoms with E-state index in [4.69, 9.17) is 9.47 Å². The molecular formula is C16H18N2O4S. The fourth-order valence-corrected chi connectivity index (χ4v) is 2.75. The number of hydrogen-bond acceptors (Lipinski definition) is 5. The van der Waals surface area contributed by atoms with E-state index in [0.717, 1.165) is 4.88 Å². The molecule has 2 aromatic rings. The standard InChI is InChI=1S/C16H18N2O4S/c1-10(19)17-12-8-13(15(22-3)9-14(12)21-2)18-16(20)7-11-5-4-6-23-11/h4-6,8-9H,7H2,1-3H3,(H,17,19)(H,18,20). The highest BCUT2D eigenvalue weighted by molar-refractivity contribution is 7.10. The Labute approximate surface area is 138 Å². The molecule has 0 bridgehead atoms. The topological polar surface area (TPSA) is 76.7 Å². The molecule has 1 aromatic heterocycles. The molecule has 1 aromatic carbocycles. The highest BCUT2D eigenvalue weighted by atomic mass is 32.1. The van der Waals surface area contributed by atoms with Crippen LogP contribution in [0.25, 0.3) is 0 Å². The predicted octanol–water partition coefficient (Wildman–Crippen LogP) is 2.90. The molecule has 0 aliphatic rings. The van der Waals surface area contributed by atoms with E-state index in [-0.39, 0.29) is 18.2 Å². The number of benzene rings is 1. The Morgan fingerprint density at radius 2 is 1.74 bits per heavy atom. The smallest absolute Gasteiger partial charge is 0.229 e. The zero-order valence-electron chi connectivity index (χ0n) is 13.1. The summed E-state index contributed by atoms with van der Waals surface area (Å²) in [5.41, 5.74) is 0.936. The maximum Gasteiger partial charge on any atom is 0.229 e. The van der Waals surface area contributed by atoms with Crippen molar-refractivity contribution in [1.82, 2.24) is 0 Å². The molecule has 0 radical (unpaired) electrons. The Morgan fingerprint density at radius 3 is 2.26 bits per heavy atom. The van der Waals surface area contributed by atoms with Crippen molar-refractivity contribution in [3.05, 3.63) is 34.5 Å². The lowest BCUT2D eigenvalue weighted by atomic mass is 10.2. The molecule has 122 valence electrons. The van der Waals surface area contributed by atoms with Gasteiger partial charge < -0.3 is 20.1 Å². The molecule has 1 heterocycles. The van der Waals surface area contributed by atoms with Crippen molar-refractivity contribution in [1.29, 1.82) is 0 Å². The summed E-state index contributed by atoms with van der Waals surface area (Å²) in [6.07, 6.45) is 0.280. The molecule has 2 amide bonds. The molecule has 7 heteroatoms. The predicted molar refractivity (Wildman–Crippen MR) is 90.5 cm³/mol. The van der Waals surface area contributed by atoms with E-state index in [1.807, 2.05) is 17.5 Å². The third-order valence-corrected chi connectivity index (χ3v) is 3.90. The van der Waals surface area contributed by atoms with Gasteiger partial charge in [-0.2, -0.15) is 0 Å². The number of thiophene rings is 1. The lowest BCUT2D eigenvalue weighted by Gasteiger charge is -2.15. The van der Waals surface area contributed by atoms with Crippen LogP contribution in [0.5, 0.6) is 11.5 Å². The van der Waals surface area contributed by atoms with Crippen molar-refractivity contribution in [2.45, 2.75) is 13.3 Å². The molecule has 6 nitrogen and oxygen atoms in total. The summed E-state index contributed by atoms with van der Waals surface area (Å²) in [4.78, 5) is 24.4. The summed E-state index contributed by atoms with van der Waals surface area (Å²) >= 11 is 1.52. The van der Waals surface area contributed by atoms with Gasteiger partial charge in [-0.25, -0.2) is 0 Å². The number of carbonyl (C=O) groups excluding carboxylic acids is 2. The van der Waals surface area contributed by atoms with E-state index < -0.39 is 0 Å². The van der Waals surface area contributed by atoms with Crippen LogP contribution in [0.3, 0.4) is 0 Å². The van der Waals surface area contributed by atoms with Crippen molar-refractivity contribution >= 4 is 34.5 Å². The molecule has 0 spiro atoms. The molecule has 0 aliphatic carbocycles. The summed E-state index contributed by atoms with van der Waals surface area (Å²) in [6.45, 7) is 1.40. The Morgan fingerprint density at radius 1 is 1.09 bits per heavy atom. The largest absolute Gasteiger partial charge is 0.494 e. The molecule has 0 atom stereocenters. The third-order valence-electron chi connectivity index (χ3n) is 3.02. The third kappa shape index (κ3) is 4.46. The summed E-state index contributed by atoms with van der Waals surface area (Å²) in [5.74, 6) is 0.512. The van der Waals surface area contributed by atoms with Gasteiger partial charge in [-0.1, -0.05) is 6.07 Å². The van der Waals surface area contributed by atoms with Crippen molar-refractivity contribution in [2.24, 2.45) is 0 Å². The van der Waals surface area contributed by atoms with Gasteiger partial charge in [0.25, 0.3) is 0 Å². The summed E-state index contributed by atoms with van der Waals surface area (Å²) in [6, 6.07) is 7.03. The van der Waals surface area contributed by atoms with Gasteiger partial charge in [-0.05, 0) is 17.5 Å². The van der Waals surface area contributed by atoms with E-state index in [2.05, 4.69) is 10.6 Å². The average Bonchev–Trinajstić information content (AvgIpc) is 2.99. The molecule has 2 N–H and O–H groups in total. The van der Waals surface area contributed by atoms with Crippen LogP contribution in [0.1, 0.15) is 11.8 Å². The first-order chi connectivity index (χ1) is 11.0. The number of hydrogen-bond donors (Lipinski definition) is 2. The second kappa shape index (κ2) is 7.64. The number of rotatable bonds is 6. The fraction of sp³-hybridized carbons (Fsp3) is 0.250. The minimum Gasteiger partial charge on any atom is -0.494 e. The maximum atomic E-state index is 12.2. The van der Waals surface area contributed by atoms with E-state index in [9.17, 15) is 9.59 Å². The van der Waals surface area contributed by atoms with E-state index in [0.29, 0.717) is 22.9 Å². The van der Waals surface area contributed by atoms with E-state index >= 15 is 0 Å². The van der Waals surface area contributed by atoms with Crippen molar-refractivity contribution in [3.63, 3.8) is 0 Å². The van der Waals surface area contributed by atoms with Gasteiger partial charge in [-0.15, -0.1) is 11.3 Å². The lowest BCUT2D eigenvalue weighted by Crippen LogP contribution is -2.15. The Kier molecular flexibility index (Phi) is 5.59. The number of methoxy groups -OCH3 is 2. The number of nitrogens with one attached hydrogen (secondary N) is 2. The van der Waals surface area contributed by atoms with Crippen molar-refractivity contribution in [2.75, 3.05) is 24.9 Å². The lowest BCUT2D eigenvalue weighted by molar-refractivity contribution is -0.115. The van der Waals surface area contributed by atoms with Crippen LogP contribution in [0.4, 0.5) is 11.4 Å². The molecule has 0 saturated heterocycles. The summed E-state index contributed by atoms with van der Waals surface area (Å²) < 4.78 is 10.5. The van der Waals surface area contributed by atoms with Crippen LogP contribution in [-0.2, 0) is 16.0 Å². The molecule has 23 heavy (non-hydrogen) atoms. The molecule has 0 fully saturated rings. The highest BCUT2D eigenvalue weighted by Gasteiger charge is 2.14. The van der Waals surface area contributed by atoms with Gasteiger partial charge in [0, 0.05) is 17.9 Å². The van der Waals surface area contributed by atoms with Gasteiger partial charge in [0.15, 0.2) is 0 Å². The van der Waals surface area contributed by atoms with Crippen molar-refractivity contribution in [3.8, 4) is 11.5 Å². The highest BCUT2D eigenvalue weighted by Crippen LogP contribution is 2.36. The van der Waals surface area contributed by atoms with Crippen LogP contribution < -0.4 is 20.1 Å². The first kappa shape index (κ1) is 16.8. The Balaban J connectivity index is 2.24. The normalized spacial score (nSPS) is 10.0. The van der Waals surface area contributed by atoms with Gasteiger partial charge in [0.2, 0.25) is 11.8 Å². The van der Waals surface area contributed by atoms with Crippen LogP contribution in [0.15, 0.2) is 29.6 Å². The van der Waals surface area contributed by atoms with Gasteiger partial charge in [0.1, 0.15) is 11.5 Å². The zero-order chi connectivity index (χ0) is 16.8. The van der Waals surface area contributed by atoms with E-state index in [1.165, 1.54) is 32.5 Å². The second-order valence-corrected chi connectivity index (χ2v) is 5.77. The number of amides is 2. The van der Waals surface area contributed by atoms with Crippen LogP contribution >= 0.6 is 11.3 Å². The minimum absolute atomic E-state index is 0.162. The molecule has 0 unspecified atom stereocenters. The van der Waals surface area contributed by atoms with Crippen LogP contribution in [0.2, 0.25) is 0 Å². The quantitative estimate of drug-likeness (QED) is 0.851. The SMILES string of the molecule is COc1cc(OC)c(NC(=O)Cc2cccs2)cc1NC(C)=O. The first-order valence-corrected chi connectivity index (χ1v) is 7.77.